The van der Waals surface area contributed by atoms with E-state index >= 15 is 0 Å². The number of hydrogen-bond acceptors (Lipinski definition) is 6. The van der Waals surface area contributed by atoms with E-state index in [2.05, 4.69) is 26.1 Å². The molecule has 2 aromatic rings. The van der Waals surface area contributed by atoms with Crippen LogP contribution in [0.1, 0.15) is 47.1 Å². The maximum Gasteiger partial charge on any atom is 0.344 e. The van der Waals surface area contributed by atoms with Gasteiger partial charge in [-0.05, 0) is 35.2 Å². The zero-order valence-electron chi connectivity index (χ0n) is 17.1. The molecule has 0 spiro atoms. The maximum atomic E-state index is 12.1. The molecule has 30 heavy (non-hydrogen) atoms. The van der Waals surface area contributed by atoms with Crippen molar-refractivity contribution >= 4 is 23.7 Å². The predicted molar refractivity (Wildman–Crippen MR) is 109 cm³/mol. The van der Waals surface area contributed by atoms with Crippen molar-refractivity contribution in [2.45, 2.75) is 26.2 Å². The molecule has 0 aliphatic carbocycles. The molecule has 2 aromatic carbocycles. The van der Waals surface area contributed by atoms with Crippen molar-refractivity contribution in [2.75, 3.05) is 13.2 Å². The van der Waals surface area contributed by atoms with Crippen LogP contribution in [0.25, 0.3) is 0 Å². The van der Waals surface area contributed by atoms with Crippen LogP contribution in [0.4, 0.5) is 0 Å². The fourth-order valence-corrected chi connectivity index (χ4v) is 2.48. The number of carbonyl (C=O) groups is 4. The lowest BCUT2D eigenvalue weighted by Gasteiger charge is -2.19. The van der Waals surface area contributed by atoms with Crippen molar-refractivity contribution in [1.29, 1.82) is 0 Å². The molecule has 158 valence electrons. The molecule has 0 bridgehead atoms. The van der Waals surface area contributed by atoms with E-state index in [-0.39, 0.29) is 16.7 Å². The van der Waals surface area contributed by atoms with E-state index < -0.39 is 36.9 Å². The molecule has 0 aliphatic heterocycles. The zero-order chi connectivity index (χ0) is 22.3. The Kier molecular flexibility index (Phi) is 7.30. The van der Waals surface area contributed by atoms with E-state index in [1.165, 1.54) is 12.1 Å². The minimum atomic E-state index is -0.841. The fraction of sp³-hybridized carbons (Fsp3) is 0.273. The quantitative estimate of drug-likeness (QED) is 0.670. The lowest BCUT2D eigenvalue weighted by Crippen LogP contribution is -2.34. The van der Waals surface area contributed by atoms with Gasteiger partial charge in [0.25, 0.3) is 17.7 Å². The Morgan fingerprint density at radius 3 is 2.17 bits per heavy atom. The van der Waals surface area contributed by atoms with Crippen LogP contribution in [0.15, 0.2) is 48.5 Å². The van der Waals surface area contributed by atoms with Crippen LogP contribution in [0.5, 0.6) is 5.75 Å². The molecule has 2 rings (SSSR count). The topological polar surface area (TPSA) is 125 Å². The summed E-state index contributed by atoms with van der Waals surface area (Å²) in [6.45, 7) is 4.98. The fourth-order valence-electron chi connectivity index (χ4n) is 2.48. The second kappa shape index (κ2) is 9.69. The molecular formula is C22H24N2O6. The first-order valence-electron chi connectivity index (χ1n) is 9.20. The molecule has 0 aromatic heterocycles. The van der Waals surface area contributed by atoms with Gasteiger partial charge in [0.2, 0.25) is 0 Å². The highest BCUT2D eigenvalue weighted by Crippen LogP contribution is 2.22. The SMILES string of the molecule is CC(C)(C)c1ccc(C(=O)NC(=O)COC(=O)COc2ccccc2C(N)=O)cc1. The Balaban J connectivity index is 1.81. The van der Waals surface area contributed by atoms with E-state index in [0.29, 0.717) is 5.56 Å². The van der Waals surface area contributed by atoms with Crippen LogP contribution in [-0.2, 0) is 19.7 Å². The summed E-state index contributed by atoms with van der Waals surface area (Å²) in [5.74, 6) is -2.78. The van der Waals surface area contributed by atoms with E-state index in [9.17, 15) is 19.2 Å². The molecule has 3 N–H and O–H groups in total. The van der Waals surface area contributed by atoms with Crippen LogP contribution in [0.2, 0.25) is 0 Å². The number of benzene rings is 2. The summed E-state index contributed by atoms with van der Waals surface area (Å²) in [6.07, 6.45) is 0. The third kappa shape index (κ3) is 6.44. The Morgan fingerprint density at radius 1 is 0.933 bits per heavy atom. The van der Waals surface area contributed by atoms with Crippen molar-refractivity contribution in [2.24, 2.45) is 5.73 Å². The number of imide groups is 1. The molecule has 0 saturated carbocycles. The average Bonchev–Trinajstić information content (AvgIpc) is 2.70. The van der Waals surface area contributed by atoms with Gasteiger partial charge in [-0.3, -0.25) is 19.7 Å². The Bertz CT molecular complexity index is 945. The largest absolute Gasteiger partial charge is 0.481 e. The first kappa shape index (κ1) is 22.6. The smallest absolute Gasteiger partial charge is 0.344 e. The summed E-state index contributed by atoms with van der Waals surface area (Å²) in [5, 5.41) is 2.15. The van der Waals surface area contributed by atoms with E-state index in [1.807, 2.05) is 12.1 Å². The minimum absolute atomic E-state index is 0.0565. The van der Waals surface area contributed by atoms with Crippen LogP contribution in [-0.4, -0.2) is 36.9 Å². The Hall–Kier alpha value is -3.68. The Labute approximate surface area is 174 Å². The van der Waals surface area contributed by atoms with Crippen molar-refractivity contribution in [3.63, 3.8) is 0 Å². The van der Waals surface area contributed by atoms with E-state index in [0.717, 1.165) is 5.56 Å². The summed E-state index contributed by atoms with van der Waals surface area (Å²) in [7, 11) is 0. The molecule has 0 aliphatic rings. The number of carbonyl (C=O) groups excluding carboxylic acids is 4. The van der Waals surface area contributed by atoms with Gasteiger partial charge in [-0.15, -0.1) is 0 Å². The number of amides is 3. The van der Waals surface area contributed by atoms with Crippen LogP contribution >= 0.6 is 0 Å². The van der Waals surface area contributed by atoms with Crippen LogP contribution in [0.3, 0.4) is 0 Å². The number of primary amides is 1. The molecule has 0 atom stereocenters. The molecule has 0 radical (unpaired) electrons. The summed E-state index contributed by atoms with van der Waals surface area (Å²) in [5.41, 5.74) is 6.65. The molecular weight excluding hydrogens is 388 g/mol. The lowest BCUT2D eigenvalue weighted by atomic mass is 9.87. The number of rotatable bonds is 7. The van der Waals surface area contributed by atoms with E-state index in [4.69, 9.17) is 15.2 Å². The van der Waals surface area contributed by atoms with Gasteiger partial charge in [0, 0.05) is 5.56 Å². The minimum Gasteiger partial charge on any atom is -0.481 e. The van der Waals surface area contributed by atoms with Crippen molar-refractivity contribution in [3.8, 4) is 5.75 Å². The van der Waals surface area contributed by atoms with Crippen molar-refractivity contribution < 1.29 is 28.7 Å². The summed E-state index contributed by atoms with van der Waals surface area (Å²) >= 11 is 0. The predicted octanol–water partition coefficient (Wildman–Crippen LogP) is 1.96. The highest BCUT2D eigenvalue weighted by atomic mass is 16.6. The van der Waals surface area contributed by atoms with Gasteiger partial charge in [-0.1, -0.05) is 45.0 Å². The molecule has 0 saturated heterocycles. The first-order chi connectivity index (χ1) is 14.1. The monoisotopic (exact) mass is 412 g/mol. The second-order valence-electron chi connectivity index (χ2n) is 7.51. The summed E-state index contributed by atoms with van der Waals surface area (Å²) in [6, 6.07) is 13.0. The van der Waals surface area contributed by atoms with Crippen LogP contribution in [0, 0.1) is 0 Å². The third-order valence-corrected chi connectivity index (χ3v) is 4.13. The van der Waals surface area contributed by atoms with Gasteiger partial charge in [-0.25, -0.2) is 4.79 Å². The van der Waals surface area contributed by atoms with Gasteiger partial charge in [-0.2, -0.15) is 0 Å². The second-order valence-corrected chi connectivity index (χ2v) is 7.51. The highest BCUT2D eigenvalue weighted by molar-refractivity contribution is 6.05. The standard InChI is InChI=1S/C22H24N2O6/c1-22(2,3)15-10-8-14(9-11-15)21(28)24-18(25)12-30-19(26)13-29-17-7-5-4-6-16(17)20(23)27/h4-11H,12-13H2,1-3H3,(H2,23,27)(H,24,25,28). The number of nitrogens with one attached hydrogen (secondary N) is 1. The zero-order valence-corrected chi connectivity index (χ0v) is 17.1. The number of nitrogens with two attached hydrogens (primary N) is 1. The molecule has 0 heterocycles. The third-order valence-electron chi connectivity index (χ3n) is 4.13. The van der Waals surface area contributed by atoms with Gasteiger partial charge < -0.3 is 15.2 Å². The first-order valence-corrected chi connectivity index (χ1v) is 9.20. The number of ether oxygens (including phenoxy) is 2. The summed E-state index contributed by atoms with van der Waals surface area (Å²) in [4.78, 5) is 47.1. The van der Waals surface area contributed by atoms with Gasteiger partial charge >= 0.3 is 5.97 Å². The number of esters is 1. The maximum absolute atomic E-state index is 12.1. The molecule has 0 unspecified atom stereocenters. The van der Waals surface area contributed by atoms with E-state index in [1.54, 1.807) is 24.3 Å². The van der Waals surface area contributed by atoms with Crippen molar-refractivity contribution in [1.82, 2.24) is 5.32 Å². The van der Waals surface area contributed by atoms with Gasteiger partial charge in [0.1, 0.15) is 5.75 Å². The molecule has 8 nitrogen and oxygen atoms in total. The normalized spacial score (nSPS) is 10.8. The van der Waals surface area contributed by atoms with Gasteiger partial charge in [0.15, 0.2) is 13.2 Å². The van der Waals surface area contributed by atoms with Crippen molar-refractivity contribution in [3.05, 3.63) is 65.2 Å². The van der Waals surface area contributed by atoms with Gasteiger partial charge in [0.05, 0.1) is 5.56 Å². The number of hydrogen-bond donors (Lipinski definition) is 2. The lowest BCUT2D eigenvalue weighted by molar-refractivity contribution is -0.150. The Morgan fingerprint density at radius 2 is 1.57 bits per heavy atom. The number of para-hydroxylation sites is 1. The molecule has 3 amide bonds. The highest BCUT2D eigenvalue weighted by Gasteiger charge is 2.17. The molecule has 8 heteroatoms. The van der Waals surface area contributed by atoms with Crippen LogP contribution < -0.4 is 15.8 Å². The average molecular weight is 412 g/mol. The molecule has 0 fully saturated rings. The summed E-state index contributed by atoms with van der Waals surface area (Å²) < 4.78 is 9.99.